The van der Waals surface area contributed by atoms with Gasteiger partial charge in [0.15, 0.2) is 10.8 Å². The van der Waals surface area contributed by atoms with E-state index < -0.39 is 10.0 Å². The smallest absolute Gasteiger partial charge is 0.260 e. The number of aromatic nitrogens is 3. The third-order valence-electron chi connectivity index (χ3n) is 3.89. The number of hydrogen-bond donors (Lipinski definition) is 0. The van der Waals surface area contributed by atoms with Crippen molar-refractivity contribution < 1.29 is 8.42 Å². The molecule has 4 aromatic rings. The zero-order chi connectivity index (χ0) is 19.7. The van der Waals surface area contributed by atoms with Gasteiger partial charge in [-0.25, -0.2) is 9.97 Å². The summed E-state index contributed by atoms with van der Waals surface area (Å²) in [6.45, 7) is 0.156. The van der Waals surface area contributed by atoms with Gasteiger partial charge in [0.2, 0.25) is 9.62 Å². The largest absolute Gasteiger partial charge is 0.292 e. The van der Waals surface area contributed by atoms with Crippen LogP contribution in [0.25, 0.3) is 10.3 Å². The van der Waals surface area contributed by atoms with E-state index in [1.165, 1.54) is 4.31 Å². The van der Waals surface area contributed by atoms with Crippen molar-refractivity contribution >= 4 is 60.6 Å². The lowest BCUT2D eigenvalue weighted by Crippen LogP contribution is -2.30. The van der Waals surface area contributed by atoms with Gasteiger partial charge in [-0.1, -0.05) is 71.5 Å². The summed E-state index contributed by atoms with van der Waals surface area (Å²) in [7, 11) is -3.97. The molecule has 4 rings (SSSR count). The maximum atomic E-state index is 13.5. The summed E-state index contributed by atoms with van der Waals surface area (Å²) in [6, 6.07) is 18.2. The van der Waals surface area contributed by atoms with Gasteiger partial charge in [0.1, 0.15) is 4.70 Å². The fourth-order valence-electron chi connectivity index (χ4n) is 2.61. The monoisotopic (exact) mass is 450 g/mol. The molecule has 6 nitrogen and oxygen atoms in total. The second-order valence-electron chi connectivity index (χ2n) is 5.75. The number of rotatable bonds is 5. The number of nitrogens with zero attached hydrogens (tertiary/aromatic N) is 4. The number of fused-ring (bicyclic) bond motifs is 1. The number of para-hydroxylation sites is 1. The number of thiazole rings is 1. The first-order valence-electron chi connectivity index (χ1n) is 8.06. The molecule has 0 amide bonds. The standard InChI is InChI=1S/C18H12Cl2N4O2S2/c19-15-14-16(22-17(20)21-15)23-18(27-14)28(25,26)24(13-9-5-2-6-10-13)11-12-7-3-1-4-8-12/h1-10H,11H2. The summed E-state index contributed by atoms with van der Waals surface area (Å²) in [6.07, 6.45) is 0. The molecule has 0 fully saturated rings. The van der Waals surface area contributed by atoms with Crippen LogP contribution in [-0.4, -0.2) is 23.4 Å². The Kier molecular flexibility index (Phi) is 5.20. The van der Waals surface area contributed by atoms with Crippen molar-refractivity contribution in [2.24, 2.45) is 0 Å². The summed E-state index contributed by atoms with van der Waals surface area (Å²) in [5.41, 5.74) is 1.53. The third-order valence-corrected chi connectivity index (χ3v) is 7.62. The average Bonchev–Trinajstić information content (AvgIpc) is 3.13. The summed E-state index contributed by atoms with van der Waals surface area (Å²) >= 11 is 12.8. The number of sulfonamides is 1. The molecule has 2 aromatic heterocycles. The molecule has 0 aliphatic heterocycles. The van der Waals surface area contributed by atoms with E-state index in [4.69, 9.17) is 23.2 Å². The predicted molar refractivity (Wildman–Crippen MR) is 111 cm³/mol. The molecule has 2 aromatic carbocycles. The second kappa shape index (κ2) is 7.63. The molecule has 0 saturated heterocycles. The Morgan fingerprint density at radius 3 is 2.21 bits per heavy atom. The molecule has 0 spiro atoms. The van der Waals surface area contributed by atoms with Gasteiger partial charge in [-0.3, -0.25) is 4.31 Å². The lowest BCUT2D eigenvalue weighted by atomic mass is 10.2. The summed E-state index contributed by atoms with van der Waals surface area (Å²) in [5, 5.41) is -0.0146. The second-order valence-corrected chi connectivity index (χ2v) is 9.48. The quantitative estimate of drug-likeness (QED) is 0.322. The van der Waals surface area contributed by atoms with Crippen LogP contribution in [0, 0.1) is 0 Å². The van der Waals surface area contributed by atoms with E-state index in [2.05, 4.69) is 15.0 Å². The lowest BCUT2D eigenvalue weighted by molar-refractivity contribution is 0.590. The summed E-state index contributed by atoms with van der Waals surface area (Å²) in [5.74, 6) is 0. The number of halogens is 2. The van der Waals surface area contributed by atoms with E-state index in [9.17, 15) is 8.42 Å². The lowest BCUT2D eigenvalue weighted by Gasteiger charge is -2.23. The first kappa shape index (κ1) is 19.1. The molecule has 0 saturated carbocycles. The van der Waals surface area contributed by atoms with E-state index in [1.54, 1.807) is 24.3 Å². The molecule has 0 radical (unpaired) electrons. The minimum absolute atomic E-state index is 0.0725. The molecule has 0 N–H and O–H groups in total. The van der Waals surface area contributed by atoms with Gasteiger partial charge in [-0.05, 0) is 29.3 Å². The Hall–Kier alpha value is -2.26. The van der Waals surface area contributed by atoms with Gasteiger partial charge in [0.05, 0.1) is 12.2 Å². The topological polar surface area (TPSA) is 76.0 Å². The summed E-state index contributed by atoms with van der Waals surface area (Å²) in [4.78, 5) is 12.0. The Bertz CT molecular complexity index is 1230. The average molecular weight is 451 g/mol. The van der Waals surface area contributed by atoms with E-state index in [1.807, 2.05) is 36.4 Å². The SMILES string of the molecule is O=S(=O)(c1nc2nc(Cl)nc(Cl)c2s1)N(Cc1ccccc1)c1ccccc1. The zero-order valence-corrected chi connectivity index (χ0v) is 17.3. The fourth-order valence-corrected chi connectivity index (χ4v) is 5.77. The molecule has 0 aliphatic rings. The highest BCUT2D eigenvalue weighted by molar-refractivity contribution is 7.94. The van der Waals surface area contributed by atoms with E-state index >= 15 is 0 Å². The molecule has 28 heavy (non-hydrogen) atoms. The van der Waals surface area contributed by atoms with Crippen LogP contribution < -0.4 is 4.31 Å². The van der Waals surface area contributed by atoms with Gasteiger partial charge in [-0.2, -0.15) is 13.4 Å². The molecule has 142 valence electrons. The van der Waals surface area contributed by atoms with Crippen LogP contribution in [0.5, 0.6) is 0 Å². The highest BCUT2D eigenvalue weighted by atomic mass is 35.5. The van der Waals surface area contributed by atoms with E-state index in [0.717, 1.165) is 16.9 Å². The Balaban J connectivity index is 1.84. The van der Waals surface area contributed by atoms with Crippen LogP contribution in [0.15, 0.2) is 65.0 Å². The molecule has 0 aliphatic carbocycles. The van der Waals surface area contributed by atoms with Crippen molar-refractivity contribution in [1.29, 1.82) is 0 Å². The van der Waals surface area contributed by atoms with Crippen molar-refractivity contribution in [3.8, 4) is 0 Å². The maximum absolute atomic E-state index is 13.5. The van der Waals surface area contributed by atoms with Crippen LogP contribution >= 0.6 is 34.5 Å². The van der Waals surface area contributed by atoms with Crippen LogP contribution in [0.2, 0.25) is 10.4 Å². The fraction of sp³-hybridized carbons (Fsp3) is 0.0556. The molecule has 10 heteroatoms. The predicted octanol–water partition coefficient (Wildman–Crippen LogP) is 4.79. The zero-order valence-electron chi connectivity index (χ0n) is 14.2. The minimum Gasteiger partial charge on any atom is -0.260 e. The highest BCUT2D eigenvalue weighted by Gasteiger charge is 2.30. The Morgan fingerprint density at radius 1 is 0.893 bits per heavy atom. The van der Waals surface area contributed by atoms with Crippen LogP contribution in [-0.2, 0) is 16.6 Å². The number of anilines is 1. The number of benzene rings is 2. The van der Waals surface area contributed by atoms with E-state index in [0.29, 0.717) is 10.4 Å². The normalized spacial score (nSPS) is 11.6. The van der Waals surface area contributed by atoms with Gasteiger partial charge >= 0.3 is 0 Å². The van der Waals surface area contributed by atoms with Crippen molar-refractivity contribution in [2.75, 3.05) is 4.31 Å². The molecule has 2 heterocycles. The maximum Gasteiger partial charge on any atom is 0.292 e. The minimum atomic E-state index is -3.97. The molecule has 0 unspecified atom stereocenters. The third kappa shape index (κ3) is 3.68. The van der Waals surface area contributed by atoms with Crippen LogP contribution in [0.4, 0.5) is 5.69 Å². The van der Waals surface area contributed by atoms with Crippen LogP contribution in [0.1, 0.15) is 5.56 Å². The van der Waals surface area contributed by atoms with Gasteiger partial charge in [-0.15, -0.1) is 0 Å². The first-order valence-corrected chi connectivity index (χ1v) is 11.1. The molecule has 0 atom stereocenters. The van der Waals surface area contributed by atoms with Gasteiger partial charge < -0.3 is 0 Å². The van der Waals surface area contributed by atoms with Gasteiger partial charge in [0.25, 0.3) is 10.0 Å². The molecular weight excluding hydrogens is 439 g/mol. The van der Waals surface area contributed by atoms with Gasteiger partial charge in [0, 0.05) is 0 Å². The van der Waals surface area contributed by atoms with Crippen molar-refractivity contribution in [3.05, 3.63) is 76.7 Å². The highest BCUT2D eigenvalue weighted by Crippen LogP contribution is 2.33. The van der Waals surface area contributed by atoms with Crippen molar-refractivity contribution in [1.82, 2.24) is 15.0 Å². The summed E-state index contributed by atoms with van der Waals surface area (Å²) < 4.78 is 28.5. The van der Waals surface area contributed by atoms with Crippen molar-refractivity contribution in [3.63, 3.8) is 0 Å². The Labute approximate surface area is 175 Å². The van der Waals surface area contributed by atoms with Crippen molar-refractivity contribution in [2.45, 2.75) is 10.9 Å². The molecular formula is C18H12Cl2N4O2S2. The first-order chi connectivity index (χ1) is 13.4. The Morgan fingerprint density at radius 2 is 1.54 bits per heavy atom. The molecule has 0 bridgehead atoms. The number of hydrogen-bond acceptors (Lipinski definition) is 6. The van der Waals surface area contributed by atoms with E-state index in [-0.39, 0.29) is 27.0 Å². The van der Waals surface area contributed by atoms with Crippen LogP contribution in [0.3, 0.4) is 0 Å².